The van der Waals surface area contributed by atoms with Gasteiger partial charge in [0, 0.05) is 47.9 Å². The van der Waals surface area contributed by atoms with E-state index in [4.69, 9.17) is 16.3 Å². The normalized spacial score (nSPS) is 20.1. The van der Waals surface area contributed by atoms with Gasteiger partial charge in [0.05, 0.1) is 28.3 Å². The number of anilines is 2. The number of pyridine rings is 1. The van der Waals surface area contributed by atoms with Crippen molar-refractivity contribution in [3.63, 3.8) is 0 Å². The Labute approximate surface area is 329 Å². The number of benzene rings is 3. The van der Waals surface area contributed by atoms with Crippen molar-refractivity contribution in [1.29, 1.82) is 0 Å². The van der Waals surface area contributed by atoms with Crippen LogP contribution in [0.25, 0.3) is 10.9 Å². The van der Waals surface area contributed by atoms with Crippen molar-refractivity contribution < 1.29 is 33.1 Å². The third kappa shape index (κ3) is 8.40. The van der Waals surface area contributed by atoms with Gasteiger partial charge in [0.1, 0.15) is 17.6 Å². The molecule has 56 heavy (non-hydrogen) atoms. The summed E-state index contributed by atoms with van der Waals surface area (Å²) < 4.78 is 20.0. The maximum atomic E-state index is 14.0. The van der Waals surface area contributed by atoms with E-state index in [-0.39, 0.29) is 47.5 Å². The number of piperidine rings is 1. The zero-order valence-electron chi connectivity index (χ0n) is 31.2. The molecule has 2 aliphatic heterocycles. The van der Waals surface area contributed by atoms with Crippen LogP contribution in [-0.4, -0.2) is 58.6 Å². The summed E-state index contributed by atoms with van der Waals surface area (Å²) in [5, 5.41) is 9.88. The quantitative estimate of drug-likeness (QED) is 0.0861. The number of halogens is 2. The molecule has 0 radical (unpaired) electrons. The predicted octanol–water partition coefficient (Wildman–Crippen LogP) is 8.03. The number of unbranched alkanes of at least 4 members (excludes halogenated alkanes) is 3. The highest BCUT2D eigenvalue weighted by atomic mass is 35.5. The molecule has 2 fully saturated rings. The molecule has 2 atom stereocenters. The van der Waals surface area contributed by atoms with E-state index in [1.165, 1.54) is 6.07 Å². The Hall–Kier alpha value is -5.36. The van der Waals surface area contributed by atoms with Crippen molar-refractivity contribution in [3.05, 3.63) is 94.4 Å². The molecule has 1 unspecified atom stereocenters. The van der Waals surface area contributed by atoms with Gasteiger partial charge in [0.15, 0.2) is 0 Å². The number of fused-ring (bicyclic) bond motifs is 2. The Kier molecular flexibility index (Phi) is 11.9. The summed E-state index contributed by atoms with van der Waals surface area (Å²) in [5.41, 5.74) is 3.58. The van der Waals surface area contributed by atoms with Gasteiger partial charge in [-0.1, -0.05) is 37.4 Å². The number of aromatic nitrogens is 1. The van der Waals surface area contributed by atoms with Gasteiger partial charge in [-0.15, -0.1) is 0 Å². The van der Waals surface area contributed by atoms with Crippen molar-refractivity contribution in [3.8, 4) is 5.75 Å². The molecule has 1 aliphatic carbocycles. The topological polar surface area (TPSA) is 147 Å². The number of amides is 5. The van der Waals surface area contributed by atoms with E-state index in [1.54, 1.807) is 54.7 Å². The van der Waals surface area contributed by atoms with Crippen LogP contribution in [0, 0.1) is 17.7 Å². The standard InChI is InChI=1S/C43H45ClFN5O6/c1-25(26-9-11-27(12-10-26)30-19-21-47-34-16-13-28(45)23-32(30)34)40(52)48-29-14-15-33(44)37(24-29)56-22-5-3-2-4-20-46-35-8-6-7-31-39(35)43(55)50(42(31)54)36-17-18-38(51)49-41(36)53/h6-8,13-16,19,21,23-27,36,46H,2-5,9-12,17-18,20,22H2,1H3,(H,48,52)(H,49,51,53)/t25-,26?,27?,36?/m1/s1. The Morgan fingerprint density at radius 2 is 1.77 bits per heavy atom. The minimum absolute atomic E-state index is 0.0465. The van der Waals surface area contributed by atoms with E-state index in [9.17, 15) is 28.4 Å². The minimum atomic E-state index is -1.01. The molecule has 1 saturated heterocycles. The number of nitrogens with one attached hydrogen (secondary N) is 3. The number of hydrogen-bond donors (Lipinski definition) is 3. The molecule has 0 bridgehead atoms. The van der Waals surface area contributed by atoms with E-state index >= 15 is 0 Å². The lowest BCUT2D eigenvalue weighted by Gasteiger charge is -2.32. The maximum Gasteiger partial charge on any atom is 0.264 e. The van der Waals surface area contributed by atoms with Crippen molar-refractivity contribution in [2.24, 2.45) is 11.8 Å². The highest BCUT2D eigenvalue weighted by Crippen LogP contribution is 2.41. The molecule has 1 saturated carbocycles. The van der Waals surface area contributed by atoms with E-state index in [0.29, 0.717) is 41.2 Å². The zero-order chi connectivity index (χ0) is 39.3. The van der Waals surface area contributed by atoms with Gasteiger partial charge < -0.3 is 15.4 Å². The second-order valence-electron chi connectivity index (χ2n) is 15.0. The number of carbonyl (C=O) groups is 5. The SMILES string of the molecule is C[C@@H](C(=O)Nc1ccc(Cl)c(OCCCCCCNc2cccc3c2C(=O)N(C2CCC(=O)NC2=O)C3=O)c1)C1CCC(c2ccnc3ccc(F)cc23)CC1. The molecule has 3 aromatic carbocycles. The van der Waals surface area contributed by atoms with Gasteiger partial charge in [-0.2, -0.15) is 0 Å². The van der Waals surface area contributed by atoms with Crippen molar-refractivity contribution in [1.82, 2.24) is 15.2 Å². The number of nitrogens with zero attached hydrogens (tertiary/aromatic N) is 2. The molecule has 0 spiro atoms. The average molecular weight is 782 g/mol. The Morgan fingerprint density at radius 3 is 2.57 bits per heavy atom. The lowest BCUT2D eigenvalue weighted by Crippen LogP contribution is -2.54. The van der Waals surface area contributed by atoms with Gasteiger partial charge in [0.25, 0.3) is 11.8 Å². The lowest BCUT2D eigenvalue weighted by atomic mass is 9.73. The highest BCUT2D eigenvalue weighted by Gasteiger charge is 2.45. The van der Waals surface area contributed by atoms with Crippen LogP contribution in [0.15, 0.2) is 66.9 Å². The molecule has 11 nitrogen and oxygen atoms in total. The van der Waals surface area contributed by atoms with E-state index in [1.807, 2.05) is 13.0 Å². The summed E-state index contributed by atoms with van der Waals surface area (Å²) >= 11 is 6.44. The first-order chi connectivity index (χ1) is 27.1. The van der Waals surface area contributed by atoms with Gasteiger partial charge >= 0.3 is 0 Å². The van der Waals surface area contributed by atoms with Crippen molar-refractivity contribution in [2.45, 2.75) is 83.1 Å². The molecular formula is C43H45ClFN5O6. The van der Waals surface area contributed by atoms with E-state index in [2.05, 4.69) is 20.9 Å². The average Bonchev–Trinajstić information content (AvgIpc) is 3.45. The van der Waals surface area contributed by atoms with Crippen LogP contribution < -0.4 is 20.7 Å². The number of hydrogen-bond acceptors (Lipinski definition) is 8. The summed E-state index contributed by atoms with van der Waals surface area (Å²) in [4.78, 5) is 69.1. The third-order valence-corrected chi connectivity index (χ3v) is 11.7. The number of ether oxygens (including phenoxy) is 1. The van der Waals surface area contributed by atoms with Crippen molar-refractivity contribution >= 4 is 63.4 Å². The lowest BCUT2D eigenvalue weighted by molar-refractivity contribution is -0.136. The van der Waals surface area contributed by atoms with Gasteiger partial charge in [-0.3, -0.25) is 39.2 Å². The summed E-state index contributed by atoms with van der Waals surface area (Å²) in [7, 11) is 0. The number of carbonyl (C=O) groups excluding carboxylic acids is 5. The number of rotatable bonds is 14. The zero-order valence-corrected chi connectivity index (χ0v) is 32.0. The molecule has 13 heteroatoms. The second-order valence-corrected chi connectivity index (χ2v) is 15.4. The van der Waals surface area contributed by atoms with Gasteiger partial charge in [0.2, 0.25) is 17.7 Å². The summed E-state index contributed by atoms with van der Waals surface area (Å²) in [5.74, 6) is -1.56. The summed E-state index contributed by atoms with van der Waals surface area (Å²) in [6.45, 7) is 3.00. The highest BCUT2D eigenvalue weighted by molar-refractivity contribution is 6.32. The van der Waals surface area contributed by atoms with Crippen LogP contribution in [0.3, 0.4) is 0 Å². The molecule has 3 N–H and O–H groups in total. The molecule has 4 aromatic rings. The molecule has 7 rings (SSSR count). The van der Waals surface area contributed by atoms with Gasteiger partial charge in [-0.25, -0.2) is 4.39 Å². The van der Waals surface area contributed by atoms with Crippen LogP contribution in [0.5, 0.6) is 5.75 Å². The molecule has 1 aromatic heterocycles. The minimum Gasteiger partial charge on any atom is -0.492 e. The Bertz CT molecular complexity index is 2170. The van der Waals surface area contributed by atoms with Gasteiger partial charge in [-0.05, 0) is 111 Å². The fourth-order valence-corrected chi connectivity index (χ4v) is 8.41. The monoisotopic (exact) mass is 781 g/mol. The molecular weight excluding hydrogens is 737 g/mol. The van der Waals surface area contributed by atoms with Crippen molar-refractivity contribution in [2.75, 3.05) is 23.8 Å². The first kappa shape index (κ1) is 38.9. The summed E-state index contributed by atoms with van der Waals surface area (Å²) in [6, 6.07) is 16.0. The third-order valence-electron chi connectivity index (χ3n) is 11.4. The smallest absolute Gasteiger partial charge is 0.264 e. The molecule has 3 aliphatic rings. The largest absolute Gasteiger partial charge is 0.492 e. The Morgan fingerprint density at radius 1 is 0.964 bits per heavy atom. The van der Waals surface area contributed by atoms with Crippen LogP contribution in [0.1, 0.15) is 103 Å². The van der Waals surface area contributed by atoms with E-state index < -0.39 is 29.7 Å². The van der Waals surface area contributed by atoms with Crippen LogP contribution in [0.2, 0.25) is 5.02 Å². The molecule has 292 valence electrons. The maximum absolute atomic E-state index is 14.0. The van der Waals surface area contributed by atoms with Crippen LogP contribution in [0.4, 0.5) is 15.8 Å². The Balaban J connectivity index is 0.826. The van der Waals surface area contributed by atoms with Crippen LogP contribution in [-0.2, 0) is 14.4 Å². The first-order valence-electron chi connectivity index (χ1n) is 19.4. The molecule has 3 heterocycles. The fourth-order valence-electron chi connectivity index (χ4n) is 8.24. The number of imide groups is 2. The van der Waals surface area contributed by atoms with Crippen LogP contribution >= 0.6 is 11.6 Å². The first-order valence-corrected chi connectivity index (χ1v) is 19.8. The second kappa shape index (κ2) is 17.2. The fraction of sp³-hybridized carbons (Fsp3) is 0.395. The van der Waals surface area contributed by atoms with E-state index in [0.717, 1.165) is 72.7 Å². The summed E-state index contributed by atoms with van der Waals surface area (Å²) in [6.07, 6.45) is 9.01. The molecule has 5 amide bonds. The predicted molar refractivity (Wildman–Crippen MR) is 211 cm³/mol.